The minimum Gasteiger partial charge on any atom is -0.329 e. The van der Waals surface area contributed by atoms with E-state index < -0.39 is 0 Å². The number of thioether (sulfide) groups is 1. The number of benzene rings is 1. The average Bonchev–Trinajstić information content (AvgIpc) is 2.62. The molecule has 2 N–H and O–H groups in total. The Bertz CT molecular complexity index is 405. The zero-order chi connectivity index (χ0) is 14.6. The van der Waals surface area contributed by atoms with Gasteiger partial charge in [0.1, 0.15) is 0 Å². The fraction of sp³-hybridized carbons (Fsp3) is 0.647. The van der Waals surface area contributed by atoms with Gasteiger partial charge in [0.05, 0.1) is 0 Å². The molecule has 2 atom stereocenters. The van der Waals surface area contributed by atoms with Gasteiger partial charge in [-0.15, -0.1) is 0 Å². The molecule has 1 aliphatic heterocycles. The highest BCUT2D eigenvalue weighted by molar-refractivity contribution is 8.00. The molecule has 112 valence electrons. The molecule has 1 heterocycles. The summed E-state index contributed by atoms with van der Waals surface area (Å²) < 4.78 is 0.407. The number of hydrogen-bond acceptors (Lipinski definition) is 3. The summed E-state index contributed by atoms with van der Waals surface area (Å²) in [5, 5.41) is 0. The minimum absolute atomic E-state index is 0.407. The van der Waals surface area contributed by atoms with Gasteiger partial charge in [-0.3, -0.25) is 4.90 Å². The van der Waals surface area contributed by atoms with E-state index in [0.717, 1.165) is 13.1 Å². The quantitative estimate of drug-likeness (QED) is 0.923. The Morgan fingerprint density at radius 3 is 2.60 bits per heavy atom. The molecule has 20 heavy (non-hydrogen) atoms. The number of nitrogens with zero attached hydrogens (tertiary/aromatic N) is 1. The fourth-order valence-corrected chi connectivity index (χ4v) is 4.13. The molecule has 1 aromatic rings. The molecule has 0 aliphatic carbocycles. The SMILES string of the molecule is CC(c1ccccc1)C(CN)N1CCSC(C)(C)CC1. The van der Waals surface area contributed by atoms with Crippen LogP contribution in [-0.2, 0) is 0 Å². The van der Waals surface area contributed by atoms with Crippen molar-refractivity contribution in [3.05, 3.63) is 35.9 Å². The summed E-state index contributed by atoms with van der Waals surface area (Å²) in [5.74, 6) is 1.71. The van der Waals surface area contributed by atoms with Crippen LogP contribution in [0.25, 0.3) is 0 Å². The van der Waals surface area contributed by atoms with Crippen LogP contribution >= 0.6 is 11.8 Å². The normalized spacial score (nSPS) is 23.0. The Labute approximate surface area is 128 Å². The lowest BCUT2D eigenvalue weighted by atomic mass is 9.91. The fourth-order valence-electron chi connectivity index (χ4n) is 3.02. The van der Waals surface area contributed by atoms with Crippen LogP contribution in [0.1, 0.15) is 38.7 Å². The van der Waals surface area contributed by atoms with Crippen molar-refractivity contribution in [3.8, 4) is 0 Å². The second-order valence-corrected chi connectivity index (χ2v) is 8.20. The van der Waals surface area contributed by atoms with Gasteiger partial charge in [0.15, 0.2) is 0 Å². The van der Waals surface area contributed by atoms with E-state index in [9.17, 15) is 0 Å². The van der Waals surface area contributed by atoms with Crippen molar-refractivity contribution >= 4 is 11.8 Å². The Kier molecular flexibility index (Phi) is 5.53. The second kappa shape index (κ2) is 6.97. The Morgan fingerprint density at radius 1 is 1.25 bits per heavy atom. The summed E-state index contributed by atoms with van der Waals surface area (Å²) in [5.41, 5.74) is 7.51. The predicted octanol–water partition coefficient (Wildman–Crippen LogP) is 3.33. The van der Waals surface area contributed by atoms with E-state index in [0.29, 0.717) is 16.7 Å². The number of hydrogen-bond donors (Lipinski definition) is 1. The molecule has 3 heteroatoms. The Morgan fingerprint density at radius 2 is 1.95 bits per heavy atom. The topological polar surface area (TPSA) is 29.3 Å². The lowest BCUT2D eigenvalue weighted by Gasteiger charge is -2.34. The molecule has 1 aromatic carbocycles. The molecule has 0 radical (unpaired) electrons. The van der Waals surface area contributed by atoms with Gasteiger partial charge in [-0.05, 0) is 24.4 Å². The van der Waals surface area contributed by atoms with Gasteiger partial charge >= 0.3 is 0 Å². The maximum atomic E-state index is 6.11. The van der Waals surface area contributed by atoms with E-state index in [-0.39, 0.29) is 0 Å². The van der Waals surface area contributed by atoms with Crippen LogP contribution in [0.15, 0.2) is 30.3 Å². The van der Waals surface area contributed by atoms with Crippen molar-refractivity contribution in [1.29, 1.82) is 0 Å². The molecule has 1 fully saturated rings. The summed E-state index contributed by atoms with van der Waals surface area (Å²) in [6, 6.07) is 11.2. The largest absolute Gasteiger partial charge is 0.329 e. The molecular formula is C17H28N2S. The van der Waals surface area contributed by atoms with E-state index in [2.05, 4.69) is 67.8 Å². The molecule has 2 nitrogen and oxygen atoms in total. The lowest BCUT2D eigenvalue weighted by Crippen LogP contribution is -2.45. The first-order chi connectivity index (χ1) is 9.53. The number of rotatable bonds is 4. The Hall–Kier alpha value is -0.510. The molecule has 0 amide bonds. The van der Waals surface area contributed by atoms with Gasteiger partial charge in [0.2, 0.25) is 0 Å². The third kappa shape index (κ3) is 4.00. The van der Waals surface area contributed by atoms with Crippen LogP contribution in [0, 0.1) is 0 Å². The van der Waals surface area contributed by atoms with Crippen LogP contribution < -0.4 is 5.73 Å². The third-order valence-electron chi connectivity index (χ3n) is 4.49. The van der Waals surface area contributed by atoms with Crippen LogP contribution in [-0.4, -0.2) is 41.1 Å². The molecule has 0 saturated carbocycles. The second-order valence-electron chi connectivity index (χ2n) is 6.40. The number of nitrogens with two attached hydrogens (primary N) is 1. The van der Waals surface area contributed by atoms with E-state index in [1.165, 1.54) is 24.3 Å². The summed E-state index contributed by atoms with van der Waals surface area (Å²) >= 11 is 2.10. The zero-order valence-corrected chi connectivity index (χ0v) is 13.8. The molecule has 1 aliphatic rings. The molecule has 0 aromatic heterocycles. The van der Waals surface area contributed by atoms with E-state index in [1.807, 2.05) is 0 Å². The first kappa shape index (κ1) is 15.9. The van der Waals surface area contributed by atoms with Gasteiger partial charge < -0.3 is 5.73 Å². The van der Waals surface area contributed by atoms with Gasteiger partial charge in [0, 0.05) is 29.6 Å². The van der Waals surface area contributed by atoms with Crippen LogP contribution in [0.2, 0.25) is 0 Å². The molecule has 1 saturated heterocycles. The molecule has 2 rings (SSSR count). The van der Waals surface area contributed by atoms with Crippen LogP contribution in [0.3, 0.4) is 0 Å². The summed E-state index contributed by atoms with van der Waals surface area (Å²) in [7, 11) is 0. The van der Waals surface area contributed by atoms with E-state index >= 15 is 0 Å². The first-order valence-corrected chi connectivity index (χ1v) is 8.65. The smallest absolute Gasteiger partial charge is 0.0284 e. The van der Waals surface area contributed by atoms with Gasteiger partial charge in [-0.25, -0.2) is 0 Å². The average molecular weight is 292 g/mol. The van der Waals surface area contributed by atoms with Gasteiger partial charge in [-0.1, -0.05) is 51.1 Å². The standard InChI is InChI=1S/C17H28N2S/c1-14(15-7-5-4-6-8-15)16(13-18)19-10-9-17(2,3)20-12-11-19/h4-8,14,16H,9-13,18H2,1-3H3. The summed E-state index contributed by atoms with van der Waals surface area (Å²) in [6.45, 7) is 10.1. The monoisotopic (exact) mass is 292 g/mol. The maximum Gasteiger partial charge on any atom is 0.0284 e. The van der Waals surface area contributed by atoms with Crippen molar-refractivity contribution in [2.45, 2.75) is 43.9 Å². The van der Waals surface area contributed by atoms with E-state index in [4.69, 9.17) is 5.73 Å². The zero-order valence-electron chi connectivity index (χ0n) is 13.0. The highest BCUT2D eigenvalue weighted by atomic mass is 32.2. The van der Waals surface area contributed by atoms with Crippen molar-refractivity contribution in [2.24, 2.45) is 5.73 Å². The van der Waals surface area contributed by atoms with Crippen molar-refractivity contribution < 1.29 is 0 Å². The summed E-state index contributed by atoms with van der Waals surface area (Å²) in [4.78, 5) is 2.61. The van der Waals surface area contributed by atoms with Crippen molar-refractivity contribution in [1.82, 2.24) is 4.90 Å². The lowest BCUT2D eigenvalue weighted by molar-refractivity contribution is 0.187. The third-order valence-corrected chi connectivity index (χ3v) is 5.86. The predicted molar refractivity (Wildman–Crippen MR) is 90.4 cm³/mol. The van der Waals surface area contributed by atoms with Gasteiger partial charge in [-0.2, -0.15) is 11.8 Å². The molecule has 0 bridgehead atoms. The minimum atomic E-state index is 0.407. The van der Waals surface area contributed by atoms with Gasteiger partial charge in [0.25, 0.3) is 0 Å². The maximum absolute atomic E-state index is 6.11. The van der Waals surface area contributed by atoms with Crippen LogP contribution in [0.4, 0.5) is 0 Å². The summed E-state index contributed by atoms with van der Waals surface area (Å²) in [6.07, 6.45) is 1.25. The van der Waals surface area contributed by atoms with Crippen molar-refractivity contribution in [3.63, 3.8) is 0 Å². The molecule has 2 unspecified atom stereocenters. The highest BCUT2D eigenvalue weighted by Gasteiger charge is 2.29. The molecular weight excluding hydrogens is 264 g/mol. The first-order valence-electron chi connectivity index (χ1n) is 7.66. The Balaban J connectivity index is 2.08. The molecule has 0 spiro atoms. The van der Waals surface area contributed by atoms with Crippen molar-refractivity contribution in [2.75, 3.05) is 25.4 Å². The van der Waals surface area contributed by atoms with Crippen LogP contribution in [0.5, 0.6) is 0 Å². The highest BCUT2D eigenvalue weighted by Crippen LogP contribution is 2.33. The van der Waals surface area contributed by atoms with E-state index in [1.54, 1.807) is 0 Å².